The predicted molar refractivity (Wildman–Crippen MR) is 94.1 cm³/mol. The van der Waals surface area contributed by atoms with Crippen molar-refractivity contribution < 1.29 is 19.1 Å². The number of ether oxygens (including phenoxy) is 1. The Bertz CT molecular complexity index is 617. The molecule has 1 aliphatic rings. The number of esters is 1. The summed E-state index contributed by atoms with van der Waals surface area (Å²) in [6, 6.07) is 9.06. The highest BCUT2D eigenvalue weighted by Gasteiger charge is 2.42. The highest BCUT2D eigenvalue weighted by atomic mass is 16.5. The Morgan fingerprint density at radius 3 is 2.52 bits per heavy atom. The Hall–Kier alpha value is -2.37. The van der Waals surface area contributed by atoms with E-state index in [9.17, 15) is 14.4 Å². The summed E-state index contributed by atoms with van der Waals surface area (Å²) in [5.74, 6) is -0.801. The van der Waals surface area contributed by atoms with Crippen LogP contribution >= 0.6 is 0 Å². The highest BCUT2D eigenvalue weighted by Crippen LogP contribution is 2.25. The molecule has 2 amide bonds. The lowest BCUT2D eigenvalue weighted by Crippen LogP contribution is -2.63. The molecule has 136 valence electrons. The molecule has 1 aliphatic heterocycles. The van der Waals surface area contributed by atoms with Crippen LogP contribution in [0.5, 0.6) is 0 Å². The van der Waals surface area contributed by atoms with Crippen LogP contribution in [0.15, 0.2) is 30.3 Å². The minimum atomic E-state index is -0.463. The normalized spacial score (nSPS) is 23.1. The van der Waals surface area contributed by atoms with Crippen molar-refractivity contribution in [2.45, 2.75) is 45.7 Å². The van der Waals surface area contributed by atoms with E-state index in [2.05, 4.69) is 5.32 Å². The van der Waals surface area contributed by atoms with Crippen molar-refractivity contribution in [3.63, 3.8) is 0 Å². The van der Waals surface area contributed by atoms with Gasteiger partial charge in [-0.2, -0.15) is 0 Å². The van der Waals surface area contributed by atoms with Crippen molar-refractivity contribution in [3.05, 3.63) is 35.9 Å². The van der Waals surface area contributed by atoms with E-state index >= 15 is 0 Å². The molecule has 0 bridgehead atoms. The maximum atomic E-state index is 12.4. The van der Waals surface area contributed by atoms with Gasteiger partial charge >= 0.3 is 12.0 Å². The van der Waals surface area contributed by atoms with E-state index < -0.39 is 5.97 Å². The lowest BCUT2D eigenvalue weighted by molar-refractivity contribution is -0.145. The summed E-state index contributed by atoms with van der Waals surface area (Å²) in [7, 11) is 0. The van der Waals surface area contributed by atoms with E-state index in [1.54, 1.807) is 6.92 Å². The molecule has 6 nitrogen and oxygen atoms in total. The Balaban J connectivity index is 2.08. The first kappa shape index (κ1) is 19.0. The maximum absolute atomic E-state index is 12.4. The van der Waals surface area contributed by atoms with Gasteiger partial charge in [0.05, 0.1) is 12.5 Å². The second-order valence-electron chi connectivity index (χ2n) is 6.39. The molecule has 2 rings (SSSR count). The summed E-state index contributed by atoms with van der Waals surface area (Å²) >= 11 is 0. The van der Waals surface area contributed by atoms with Crippen LogP contribution in [0.4, 0.5) is 4.79 Å². The van der Waals surface area contributed by atoms with Gasteiger partial charge in [-0.25, -0.2) is 4.79 Å². The lowest BCUT2D eigenvalue weighted by atomic mass is 9.83. The summed E-state index contributed by atoms with van der Waals surface area (Å²) in [5, 5.41) is 2.90. The molecule has 0 aliphatic carbocycles. The van der Waals surface area contributed by atoms with Gasteiger partial charge < -0.3 is 15.0 Å². The zero-order valence-corrected chi connectivity index (χ0v) is 15.0. The maximum Gasteiger partial charge on any atom is 0.325 e. The van der Waals surface area contributed by atoms with Crippen molar-refractivity contribution in [2.75, 3.05) is 13.2 Å². The van der Waals surface area contributed by atoms with Crippen LogP contribution < -0.4 is 5.32 Å². The number of nitrogens with zero attached hydrogens (tertiary/aromatic N) is 1. The Labute approximate surface area is 148 Å². The fourth-order valence-corrected chi connectivity index (χ4v) is 3.45. The van der Waals surface area contributed by atoms with Crippen molar-refractivity contribution in [1.29, 1.82) is 0 Å². The highest BCUT2D eigenvalue weighted by molar-refractivity contribution is 5.87. The fraction of sp³-hybridized carbons (Fsp3) is 0.526. The number of rotatable bonds is 7. The van der Waals surface area contributed by atoms with Gasteiger partial charge in [-0.3, -0.25) is 9.59 Å². The van der Waals surface area contributed by atoms with E-state index in [1.165, 1.54) is 17.4 Å². The lowest BCUT2D eigenvalue weighted by Gasteiger charge is -2.43. The molecule has 25 heavy (non-hydrogen) atoms. The van der Waals surface area contributed by atoms with Gasteiger partial charge in [-0.1, -0.05) is 30.3 Å². The number of ketones is 1. The third-order valence-electron chi connectivity index (χ3n) is 4.68. The number of aryl methyl sites for hydroxylation is 1. The minimum Gasteiger partial charge on any atom is -0.465 e. The number of carbonyl (C=O) groups excluding carboxylic acids is 3. The van der Waals surface area contributed by atoms with Gasteiger partial charge in [0, 0.05) is 12.1 Å². The first-order valence-electron chi connectivity index (χ1n) is 8.71. The van der Waals surface area contributed by atoms with E-state index in [4.69, 9.17) is 4.74 Å². The molecule has 1 saturated heterocycles. The van der Waals surface area contributed by atoms with E-state index in [0.717, 1.165) is 6.42 Å². The van der Waals surface area contributed by atoms with Crippen LogP contribution in [0.25, 0.3) is 0 Å². The first-order chi connectivity index (χ1) is 11.9. The van der Waals surface area contributed by atoms with E-state index in [-0.39, 0.29) is 43.0 Å². The van der Waals surface area contributed by atoms with Gasteiger partial charge in [0.1, 0.15) is 12.3 Å². The van der Waals surface area contributed by atoms with Gasteiger partial charge in [-0.15, -0.1) is 0 Å². The number of carbonyl (C=O) groups is 3. The third-order valence-corrected chi connectivity index (χ3v) is 4.68. The predicted octanol–water partition coefficient (Wildman–Crippen LogP) is 2.17. The largest absolute Gasteiger partial charge is 0.465 e. The number of hydrogen-bond acceptors (Lipinski definition) is 4. The van der Waals surface area contributed by atoms with Crippen LogP contribution in [0, 0.1) is 5.92 Å². The van der Waals surface area contributed by atoms with Gasteiger partial charge in [0.2, 0.25) is 0 Å². The molecule has 3 atom stereocenters. The Morgan fingerprint density at radius 1 is 1.24 bits per heavy atom. The molecule has 1 heterocycles. The molecular weight excluding hydrogens is 320 g/mol. The summed E-state index contributed by atoms with van der Waals surface area (Å²) in [6.45, 7) is 5.19. The third kappa shape index (κ3) is 4.81. The van der Waals surface area contributed by atoms with Crippen LogP contribution in [0.3, 0.4) is 0 Å². The molecule has 6 heteroatoms. The number of urea groups is 1. The Morgan fingerprint density at radius 2 is 1.92 bits per heavy atom. The topological polar surface area (TPSA) is 75.7 Å². The average molecular weight is 346 g/mol. The van der Waals surface area contributed by atoms with Gasteiger partial charge in [0.25, 0.3) is 0 Å². The number of Topliss-reactive ketones (excluding diaryl/α,β-unsaturated/α-hetero) is 1. The van der Waals surface area contributed by atoms with Gasteiger partial charge in [0.15, 0.2) is 0 Å². The number of amides is 2. The molecule has 1 N–H and O–H groups in total. The number of nitrogens with one attached hydrogen (secondary N) is 1. The fourth-order valence-electron chi connectivity index (χ4n) is 3.45. The zero-order chi connectivity index (χ0) is 18.4. The van der Waals surface area contributed by atoms with Crippen molar-refractivity contribution in [2.24, 2.45) is 5.92 Å². The Kier molecular flexibility index (Phi) is 6.56. The molecule has 1 fully saturated rings. The second-order valence-corrected chi connectivity index (χ2v) is 6.39. The first-order valence-corrected chi connectivity index (χ1v) is 8.71. The molecule has 0 unspecified atom stereocenters. The van der Waals surface area contributed by atoms with Crippen molar-refractivity contribution in [1.82, 2.24) is 10.2 Å². The zero-order valence-electron chi connectivity index (χ0n) is 15.0. The van der Waals surface area contributed by atoms with Crippen molar-refractivity contribution >= 4 is 17.8 Å². The molecule has 0 aromatic heterocycles. The SMILES string of the molecule is CCOC(=O)CN1C(=O)N[C@@H](CCc2ccccc2)[C@H](C(C)=O)[C@H]1C. The quantitative estimate of drug-likeness (QED) is 0.768. The summed E-state index contributed by atoms with van der Waals surface area (Å²) in [4.78, 5) is 37.8. The number of hydrogen-bond donors (Lipinski definition) is 1. The van der Waals surface area contributed by atoms with Gasteiger partial charge in [-0.05, 0) is 39.2 Å². The summed E-state index contributed by atoms with van der Waals surface area (Å²) in [5.41, 5.74) is 1.17. The smallest absolute Gasteiger partial charge is 0.325 e. The molecule has 0 spiro atoms. The average Bonchev–Trinajstić information content (AvgIpc) is 2.57. The van der Waals surface area contributed by atoms with E-state index in [0.29, 0.717) is 6.42 Å². The molecule has 1 aromatic rings. The van der Waals surface area contributed by atoms with Crippen molar-refractivity contribution in [3.8, 4) is 0 Å². The van der Waals surface area contributed by atoms with Crippen LogP contribution in [0.1, 0.15) is 32.8 Å². The summed E-state index contributed by atoms with van der Waals surface area (Å²) in [6.07, 6.45) is 1.46. The molecule has 1 aromatic carbocycles. The van der Waals surface area contributed by atoms with Crippen LogP contribution in [0.2, 0.25) is 0 Å². The standard InChI is InChI=1S/C19H26N2O4/c1-4-25-17(23)12-21-13(2)18(14(3)22)16(20-19(21)24)11-10-15-8-6-5-7-9-15/h5-9,13,16,18H,4,10-12H2,1-3H3,(H,20,24)/t13-,16+,18+/m1/s1. The summed E-state index contributed by atoms with van der Waals surface area (Å²) < 4.78 is 4.92. The number of benzene rings is 1. The molecular formula is C19H26N2O4. The van der Waals surface area contributed by atoms with Crippen LogP contribution in [-0.2, 0) is 20.7 Å². The monoisotopic (exact) mass is 346 g/mol. The van der Waals surface area contributed by atoms with Crippen LogP contribution in [-0.4, -0.2) is 47.9 Å². The second kappa shape index (κ2) is 8.65. The molecule has 0 saturated carbocycles. The van der Waals surface area contributed by atoms with E-state index in [1.807, 2.05) is 37.3 Å². The minimum absolute atomic E-state index is 0.0134. The molecule has 0 radical (unpaired) electrons.